The second-order valence-corrected chi connectivity index (χ2v) is 6.59. The monoisotopic (exact) mass is 334 g/mol. The second-order valence-electron chi connectivity index (χ2n) is 6.59. The fourth-order valence-electron chi connectivity index (χ4n) is 3.37. The molecule has 0 saturated heterocycles. The highest BCUT2D eigenvalue weighted by atomic mass is 16.5. The lowest BCUT2D eigenvalue weighted by Crippen LogP contribution is -2.20. The Kier molecular flexibility index (Phi) is 4.01. The predicted octanol–water partition coefficient (Wildman–Crippen LogP) is 3.71. The van der Waals surface area contributed by atoms with Crippen molar-refractivity contribution in [2.45, 2.75) is 26.1 Å². The van der Waals surface area contributed by atoms with Crippen LogP contribution in [0.2, 0.25) is 0 Å². The molecule has 5 heteroatoms. The predicted molar refractivity (Wildman–Crippen MR) is 97.9 cm³/mol. The van der Waals surface area contributed by atoms with Crippen molar-refractivity contribution in [3.63, 3.8) is 0 Å². The van der Waals surface area contributed by atoms with E-state index in [0.29, 0.717) is 6.61 Å². The first-order valence-electron chi connectivity index (χ1n) is 8.51. The zero-order valence-electron chi connectivity index (χ0n) is 14.8. The van der Waals surface area contributed by atoms with Crippen LogP contribution >= 0.6 is 0 Å². The third kappa shape index (κ3) is 2.91. The maximum Gasteiger partial charge on any atom is 0.231 e. The lowest BCUT2D eigenvalue weighted by molar-refractivity contribution is 0.0199. The van der Waals surface area contributed by atoms with Gasteiger partial charge in [-0.05, 0) is 35.7 Å². The summed E-state index contributed by atoms with van der Waals surface area (Å²) in [5.41, 5.74) is 4.91. The molecule has 2 heterocycles. The number of rotatable bonds is 3. The minimum atomic E-state index is -0.0629. The molecule has 0 spiro atoms. The maximum absolute atomic E-state index is 6.05. The highest BCUT2D eigenvalue weighted by molar-refractivity contribution is 5.57. The van der Waals surface area contributed by atoms with Gasteiger partial charge in [-0.1, -0.05) is 36.4 Å². The number of aromatic nitrogens is 3. The summed E-state index contributed by atoms with van der Waals surface area (Å²) in [6, 6.07) is 16.8. The fourth-order valence-corrected chi connectivity index (χ4v) is 3.37. The summed E-state index contributed by atoms with van der Waals surface area (Å²) in [6.45, 7) is 2.71. The number of hydrogen-bond acceptors (Lipinski definition) is 4. The molecular formula is C20H22N4O. The normalized spacial score (nSPS) is 16.5. The summed E-state index contributed by atoms with van der Waals surface area (Å²) in [5.74, 6) is 1.67. The number of benzene rings is 2. The van der Waals surface area contributed by atoms with Gasteiger partial charge >= 0.3 is 0 Å². The molecule has 128 valence electrons. The number of aryl methyl sites for hydroxylation is 1. The van der Waals surface area contributed by atoms with Crippen molar-refractivity contribution in [1.82, 2.24) is 14.8 Å². The van der Waals surface area contributed by atoms with Gasteiger partial charge in [0.25, 0.3) is 0 Å². The minimum absolute atomic E-state index is 0.0629. The van der Waals surface area contributed by atoms with Crippen molar-refractivity contribution in [2.75, 3.05) is 11.9 Å². The SMILES string of the molecule is Cc1cccc(N(C)c2nnc([C@@H]3Cc4ccccc4CO3)n2C)c1. The van der Waals surface area contributed by atoms with Crippen LogP contribution in [0.25, 0.3) is 0 Å². The van der Waals surface area contributed by atoms with Crippen LogP contribution in [-0.4, -0.2) is 21.8 Å². The molecule has 0 N–H and O–H groups in total. The number of anilines is 2. The Labute approximate surface area is 147 Å². The van der Waals surface area contributed by atoms with E-state index < -0.39 is 0 Å². The molecule has 0 bridgehead atoms. The molecule has 0 amide bonds. The van der Waals surface area contributed by atoms with E-state index >= 15 is 0 Å². The smallest absolute Gasteiger partial charge is 0.231 e. The molecule has 4 rings (SSSR count). The van der Waals surface area contributed by atoms with E-state index in [-0.39, 0.29) is 6.10 Å². The van der Waals surface area contributed by atoms with E-state index in [1.54, 1.807) is 0 Å². The third-order valence-electron chi connectivity index (χ3n) is 4.83. The highest BCUT2D eigenvalue weighted by Crippen LogP contribution is 2.31. The lowest BCUT2D eigenvalue weighted by Gasteiger charge is -2.25. The van der Waals surface area contributed by atoms with Crippen LogP contribution in [0.4, 0.5) is 11.6 Å². The summed E-state index contributed by atoms with van der Waals surface area (Å²) in [6.07, 6.45) is 0.767. The molecule has 1 aromatic heterocycles. The molecule has 2 aromatic carbocycles. The van der Waals surface area contributed by atoms with Crippen molar-refractivity contribution in [3.05, 3.63) is 71.0 Å². The molecule has 1 atom stereocenters. The van der Waals surface area contributed by atoms with E-state index in [1.807, 2.05) is 18.7 Å². The summed E-state index contributed by atoms with van der Waals surface area (Å²) in [7, 11) is 4.01. The Balaban J connectivity index is 1.62. The average molecular weight is 334 g/mol. The number of ether oxygens (including phenoxy) is 1. The topological polar surface area (TPSA) is 43.2 Å². The van der Waals surface area contributed by atoms with Crippen LogP contribution in [0.1, 0.15) is 28.6 Å². The van der Waals surface area contributed by atoms with E-state index in [2.05, 4.69) is 70.6 Å². The summed E-state index contributed by atoms with van der Waals surface area (Å²) in [5, 5.41) is 8.84. The van der Waals surface area contributed by atoms with Crippen molar-refractivity contribution >= 4 is 11.6 Å². The molecule has 1 aliphatic rings. The van der Waals surface area contributed by atoms with Crippen LogP contribution in [0.15, 0.2) is 48.5 Å². The van der Waals surface area contributed by atoms with Gasteiger partial charge in [-0.15, -0.1) is 10.2 Å². The van der Waals surface area contributed by atoms with Crippen molar-refractivity contribution in [2.24, 2.45) is 7.05 Å². The molecule has 0 aliphatic carbocycles. The van der Waals surface area contributed by atoms with Gasteiger partial charge in [-0.3, -0.25) is 4.57 Å². The Morgan fingerprint density at radius 2 is 1.88 bits per heavy atom. The number of hydrogen-bond donors (Lipinski definition) is 0. The van der Waals surface area contributed by atoms with Crippen LogP contribution in [-0.2, 0) is 24.8 Å². The highest BCUT2D eigenvalue weighted by Gasteiger charge is 2.26. The van der Waals surface area contributed by atoms with Gasteiger partial charge in [0.05, 0.1) is 6.61 Å². The number of fused-ring (bicyclic) bond motifs is 1. The van der Waals surface area contributed by atoms with Crippen LogP contribution in [0.5, 0.6) is 0 Å². The first-order valence-corrected chi connectivity index (χ1v) is 8.51. The lowest BCUT2D eigenvalue weighted by atomic mass is 9.99. The van der Waals surface area contributed by atoms with E-state index in [0.717, 1.165) is 23.9 Å². The quantitative estimate of drug-likeness (QED) is 0.732. The Bertz CT molecular complexity index is 902. The zero-order chi connectivity index (χ0) is 17.4. The Morgan fingerprint density at radius 1 is 1.08 bits per heavy atom. The van der Waals surface area contributed by atoms with Gasteiger partial charge in [0.15, 0.2) is 5.82 Å². The summed E-state index contributed by atoms with van der Waals surface area (Å²) in [4.78, 5) is 2.06. The van der Waals surface area contributed by atoms with Gasteiger partial charge in [0, 0.05) is 26.2 Å². The zero-order valence-corrected chi connectivity index (χ0v) is 14.8. The molecule has 5 nitrogen and oxygen atoms in total. The Morgan fingerprint density at radius 3 is 2.68 bits per heavy atom. The van der Waals surface area contributed by atoms with E-state index in [9.17, 15) is 0 Å². The Hall–Kier alpha value is -2.66. The molecule has 3 aromatic rings. The van der Waals surface area contributed by atoms with Crippen molar-refractivity contribution in [3.8, 4) is 0 Å². The molecule has 0 radical (unpaired) electrons. The largest absolute Gasteiger partial charge is 0.365 e. The van der Waals surface area contributed by atoms with E-state index in [1.165, 1.54) is 16.7 Å². The van der Waals surface area contributed by atoms with Gasteiger partial charge in [0.2, 0.25) is 5.95 Å². The minimum Gasteiger partial charge on any atom is -0.365 e. The fraction of sp³-hybridized carbons (Fsp3) is 0.300. The van der Waals surface area contributed by atoms with Crippen LogP contribution in [0.3, 0.4) is 0 Å². The first-order chi connectivity index (χ1) is 12.1. The van der Waals surface area contributed by atoms with Crippen molar-refractivity contribution < 1.29 is 4.74 Å². The molecular weight excluding hydrogens is 312 g/mol. The van der Waals surface area contributed by atoms with Gasteiger partial charge in [-0.2, -0.15) is 0 Å². The van der Waals surface area contributed by atoms with E-state index in [4.69, 9.17) is 4.74 Å². The summed E-state index contributed by atoms with van der Waals surface area (Å²) < 4.78 is 8.08. The average Bonchev–Trinajstić information content (AvgIpc) is 3.02. The third-order valence-corrected chi connectivity index (χ3v) is 4.83. The van der Waals surface area contributed by atoms with Crippen LogP contribution in [0, 0.1) is 6.92 Å². The number of nitrogens with zero attached hydrogens (tertiary/aromatic N) is 4. The first kappa shape index (κ1) is 15.8. The molecule has 25 heavy (non-hydrogen) atoms. The molecule has 0 unspecified atom stereocenters. The van der Waals surface area contributed by atoms with Gasteiger partial charge in [-0.25, -0.2) is 0 Å². The molecule has 0 saturated carbocycles. The van der Waals surface area contributed by atoms with Gasteiger partial charge < -0.3 is 9.64 Å². The second kappa shape index (κ2) is 6.33. The van der Waals surface area contributed by atoms with Gasteiger partial charge in [0.1, 0.15) is 6.10 Å². The molecule has 0 fully saturated rings. The van der Waals surface area contributed by atoms with Crippen molar-refractivity contribution in [1.29, 1.82) is 0 Å². The summed E-state index contributed by atoms with van der Waals surface area (Å²) >= 11 is 0. The standard InChI is InChI=1S/C20H22N4O/c1-14-7-6-10-17(11-14)23(2)20-22-21-19(24(20)3)18-12-15-8-4-5-9-16(15)13-25-18/h4-11,18H,12-13H2,1-3H3/t18-/m0/s1. The molecule has 1 aliphatic heterocycles. The van der Waals surface area contributed by atoms with Crippen LogP contribution < -0.4 is 4.90 Å². The maximum atomic E-state index is 6.05.